The lowest BCUT2D eigenvalue weighted by Crippen LogP contribution is -2.08. The van der Waals surface area contributed by atoms with Gasteiger partial charge in [0.15, 0.2) is 5.78 Å². The highest BCUT2D eigenvalue weighted by Gasteiger charge is 2.17. The molecule has 0 bridgehead atoms. The van der Waals surface area contributed by atoms with Crippen LogP contribution in [0.1, 0.15) is 32.6 Å². The molecular weight excluding hydrogens is 238 g/mol. The lowest BCUT2D eigenvalue weighted by atomic mass is 9.91. The Balaban J connectivity index is 2.60. The van der Waals surface area contributed by atoms with Crippen LogP contribution < -0.4 is 5.73 Å². The van der Waals surface area contributed by atoms with E-state index in [4.69, 9.17) is 5.73 Å². The van der Waals surface area contributed by atoms with E-state index in [1.165, 1.54) is 0 Å². The summed E-state index contributed by atoms with van der Waals surface area (Å²) in [6.45, 7) is 5.48. The number of nitrogens with two attached hydrogens (primary N) is 1. The number of rotatable bonds is 2. The summed E-state index contributed by atoms with van der Waals surface area (Å²) in [7, 11) is 0. The highest BCUT2D eigenvalue weighted by atomic mass is 16.3. The van der Waals surface area contributed by atoms with E-state index in [9.17, 15) is 9.90 Å². The normalized spacial score (nSPS) is 10.5. The number of anilines is 1. The van der Waals surface area contributed by atoms with Crippen molar-refractivity contribution in [2.45, 2.75) is 20.8 Å². The average Bonchev–Trinajstić information content (AvgIpc) is 2.36. The predicted octanol–water partition coefficient (Wildman–Crippen LogP) is 3.13. The number of benzene rings is 2. The monoisotopic (exact) mass is 255 g/mol. The summed E-state index contributed by atoms with van der Waals surface area (Å²) in [4.78, 5) is 12.6. The number of nitrogen functional groups attached to an aromatic ring is 1. The van der Waals surface area contributed by atoms with E-state index >= 15 is 0 Å². The zero-order chi connectivity index (χ0) is 14.2. The number of hydrogen-bond acceptors (Lipinski definition) is 3. The maximum Gasteiger partial charge on any atom is 0.193 e. The summed E-state index contributed by atoms with van der Waals surface area (Å²) in [5.41, 5.74) is 9.80. The maximum absolute atomic E-state index is 12.6. The molecule has 0 aliphatic heterocycles. The Kier molecular flexibility index (Phi) is 3.30. The fourth-order valence-corrected chi connectivity index (χ4v) is 2.23. The second-order valence-corrected chi connectivity index (χ2v) is 4.79. The Bertz CT molecular complexity index is 660. The van der Waals surface area contributed by atoms with Crippen LogP contribution in [0.15, 0.2) is 30.3 Å². The number of phenols is 1. The van der Waals surface area contributed by atoms with Crippen molar-refractivity contribution in [2.24, 2.45) is 0 Å². The smallest absolute Gasteiger partial charge is 0.193 e. The third kappa shape index (κ3) is 2.32. The van der Waals surface area contributed by atoms with Gasteiger partial charge in [0.1, 0.15) is 5.75 Å². The first-order chi connectivity index (χ1) is 8.91. The molecule has 0 atom stereocenters. The van der Waals surface area contributed by atoms with Crippen LogP contribution in [0.2, 0.25) is 0 Å². The Labute approximate surface area is 112 Å². The van der Waals surface area contributed by atoms with Crippen LogP contribution in [-0.2, 0) is 0 Å². The van der Waals surface area contributed by atoms with Gasteiger partial charge in [0, 0.05) is 16.8 Å². The molecule has 0 radical (unpaired) electrons. The highest BCUT2D eigenvalue weighted by Crippen LogP contribution is 2.28. The lowest BCUT2D eigenvalue weighted by Gasteiger charge is -2.13. The van der Waals surface area contributed by atoms with E-state index in [2.05, 4.69) is 0 Å². The molecule has 2 aromatic rings. The molecule has 3 N–H and O–H groups in total. The van der Waals surface area contributed by atoms with Crippen LogP contribution in [0.25, 0.3) is 0 Å². The number of aryl methyl sites for hydroxylation is 1. The molecule has 0 amide bonds. The van der Waals surface area contributed by atoms with Crippen LogP contribution in [0.4, 0.5) is 5.69 Å². The van der Waals surface area contributed by atoms with Gasteiger partial charge < -0.3 is 10.8 Å². The molecule has 0 saturated carbocycles. The second kappa shape index (κ2) is 4.76. The van der Waals surface area contributed by atoms with Gasteiger partial charge in [0.05, 0.1) is 0 Å². The summed E-state index contributed by atoms with van der Waals surface area (Å²) in [6, 6.07) is 8.56. The Morgan fingerprint density at radius 2 is 1.79 bits per heavy atom. The standard InChI is InChI=1S/C16H17NO2/c1-9-7-14(18)10(2)11(3)15(9)16(19)12-5-4-6-13(17)8-12/h4-8,18H,17H2,1-3H3. The molecule has 0 aliphatic carbocycles. The molecule has 0 spiro atoms. The molecule has 0 unspecified atom stereocenters. The maximum atomic E-state index is 12.6. The van der Waals surface area contributed by atoms with Gasteiger partial charge in [-0.1, -0.05) is 12.1 Å². The van der Waals surface area contributed by atoms with E-state index in [0.29, 0.717) is 16.8 Å². The molecule has 3 nitrogen and oxygen atoms in total. The number of phenolic OH excluding ortho intramolecular Hbond substituents is 1. The van der Waals surface area contributed by atoms with Crippen molar-refractivity contribution in [1.82, 2.24) is 0 Å². The van der Waals surface area contributed by atoms with Gasteiger partial charge >= 0.3 is 0 Å². The Hall–Kier alpha value is -2.29. The third-order valence-electron chi connectivity index (χ3n) is 3.45. The van der Waals surface area contributed by atoms with Gasteiger partial charge in [-0.05, 0) is 55.7 Å². The summed E-state index contributed by atoms with van der Waals surface area (Å²) in [6.07, 6.45) is 0. The number of hydrogen-bond donors (Lipinski definition) is 2. The van der Waals surface area contributed by atoms with Crippen LogP contribution in [0.5, 0.6) is 5.75 Å². The molecule has 0 heterocycles. The minimum atomic E-state index is -0.0644. The Morgan fingerprint density at radius 1 is 1.11 bits per heavy atom. The fraction of sp³-hybridized carbons (Fsp3) is 0.188. The van der Waals surface area contributed by atoms with Crippen LogP contribution in [-0.4, -0.2) is 10.9 Å². The van der Waals surface area contributed by atoms with Crippen molar-refractivity contribution < 1.29 is 9.90 Å². The molecule has 2 aromatic carbocycles. The highest BCUT2D eigenvalue weighted by molar-refractivity contribution is 6.11. The van der Waals surface area contributed by atoms with Gasteiger partial charge in [0.2, 0.25) is 0 Å². The zero-order valence-electron chi connectivity index (χ0n) is 11.3. The van der Waals surface area contributed by atoms with E-state index in [1.807, 2.05) is 13.8 Å². The molecule has 2 rings (SSSR count). The van der Waals surface area contributed by atoms with Crippen molar-refractivity contribution in [3.05, 3.63) is 58.1 Å². The van der Waals surface area contributed by atoms with Crippen LogP contribution in [0.3, 0.4) is 0 Å². The number of aromatic hydroxyl groups is 1. The van der Waals surface area contributed by atoms with Crippen LogP contribution >= 0.6 is 0 Å². The molecule has 0 aliphatic rings. The number of carbonyl (C=O) groups excluding carboxylic acids is 1. The SMILES string of the molecule is Cc1cc(O)c(C)c(C)c1C(=O)c1cccc(N)c1. The second-order valence-electron chi connectivity index (χ2n) is 4.79. The molecule has 0 fully saturated rings. The fourth-order valence-electron chi connectivity index (χ4n) is 2.23. The molecule has 3 heteroatoms. The van der Waals surface area contributed by atoms with Crippen molar-refractivity contribution >= 4 is 11.5 Å². The Morgan fingerprint density at radius 3 is 2.42 bits per heavy atom. The van der Waals surface area contributed by atoms with Crippen molar-refractivity contribution in [1.29, 1.82) is 0 Å². The van der Waals surface area contributed by atoms with E-state index < -0.39 is 0 Å². The summed E-state index contributed by atoms with van der Waals surface area (Å²) in [5, 5.41) is 9.77. The van der Waals surface area contributed by atoms with Crippen LogP contribution in [0, 0.1) is 20.8 Å². The lowest BCUT2D eigenvalue weighted by molar-refractivity contribution is 0.103. The summed E-state index contributed by atoms with van der Waals surface area (Å²) >= 11 is 0. The van der Waals surface area contributed by atoms with Gasteiger partial charge in [-0.15, -0.1) is 0 Å². The van der Waals surface area contributed by atoms with Gasteiger partial charge in [-0.3, -0.25) is 4.79 Å². The minimum absolute atomic E-state index is 0.0644. The molecule has 98 valence electrons. The summed E-state index contributed by atoms with van der Waals surface area (Å²) < 4.78 is 0. The molecule has 0 saturated heterocycles. The van der Waals surface area contributed by atoms with Gasteiger partial charge in [-0.2, -0.15) is 0 Å². The van der Waals surface area contributed by atoms with Crippen molar-refractivity contribution in [3.63, 3.8) is 0 Å². The predicted molar refractivity (Wildman–Crippen MR) is 76.6 cm³/mol. The first-order valence-electron chi connectivity index (χ1n) is 6.12. The average molecular weight is 255 g/mol. The van der Waals surface area contributed by atoms with Gasteiger partial charge in [0.25, 0.3) is 0 Å². The summed E-state index contributed by atoms with van der Waals surface area (Å²) in [5.74, 6) is 0.157. The topological polar surface area (TPSA) is 63.3 Å². The van der Waals surface area contributed by atoms with E-state index in [-0.39, 0.29) is 11.5 Å². The first-order valence-corrected chi connectivity index (χ1v) is 6.12. The molecule has 19 heavy (non-hydrogen) atoms. The van der Waals surface area contributed by atoms with Crippen molar-refractivity contribution in [2.75, 3.05) is 5.73 Å². The molecule has 0 aromatic heterocycles. The third-order valence-corrected chi connectivity index (χ3v) is 3.45. The molecular formula is C16H17NO2. The first kappa shape index (κ1) is 13.1. The van der Waals surface area contributed by atoms with E-state index in [0.717, 1.165) is 16.7 Å². The quantitative estimate of drug-likeness (QED) is 0.640. The van der Waals surface area contributed by atoms with E-state index in [1.54, 1.807) is 37.3 Å². The minimum Gasteiger partial charge on any atom is -0.508 e. The number of carbonyl (C=O) groups is 1. The van der Waals surface area contributed by atoms with Gasteiger partial charge in [-0.25, -0.2) is 0 Å². The largest absolute Gasteiger partial charge is 0.508 e. The zero-order valence-corrected chi connectivity index (χ0v) is 11.3. The van der Waals surface area contributed by atoms with Crippen molar-refractivity contribution in [3.8, 4) is 5.75 Å². The number of ketones is 1.